The Kier molecular flexibility index (Phi) is 6.68. The zero-order valence-electron chi connectivity index (χ0n) is 27.5. The fourth-order valence-corrected chi connectivity index (χ4v) is 9.82. The first kappa shape index (κ1) is 28.6. The normalized spacial score (nSPS) is 26.2. The summed E-state index contributed by atoms with van der Waals surface area (Å²) in [6.45, 7) is 4.89. The molecule has 0 amide bonds. The van der Waals surface area contributed by atoms with Gasteiger partial charge >= 0.3 is 0 Å². The Morgan fingerprint density at radius 1 is 0.723 bits per heavy atom. The first-order chi connectivity index (χ1) is 23.1. The summed E-state index contributed by atoms with van der Waals surface area (Å²) < 4.78 is 0. The second-order valence-electron chi connectivity index (χ2n) is 14.7. The van der Waals surface area contributed by atoms with Crippen LogP contribution in [0.4, 0.5) is 0 Å². The van der Waals surface area contributed by atoms with Crippen molar-refractivity contribution in [2.24, 2.45) is 17.3 Å². The Balaban J connectivity index is 1.09. The molecule has 0 bridgehead atoms. The Labute approximate surface area is 280 Å². The summed E-state index contributed by atoms with van der Waals surface area (Å²) in [5, 5.41) is 4.11. The lowest BCUT2D eigenvalue weighted by molar-refractivity contribution is 0.510. The quantitative estimate of drug-likeness (QED) is 0.303. The third-order valence-corrected chi connectivity index (χ3v) is 11.9. The van der Waals surface area contributed by atoms with E-state index in [9.17, 15) is 0 Å². The highest BCUT2D eigenvalue weighted by Crippen LogP contribution is 2.58. The van der Waals surface area contributed by atoms with Crippen molar-refractivity contribution in [1.82, 2.24) is 5.32 Å². The van der Waals surface area contributed by atoms with Crippen LogP contribution in [0.5, 0.6) is 0 Å². The highest BCUT2D eigenvalue weighted by Gasteiger charge is 2.48. The third kappa shape index (κ3) is 4.28. The molecule has 9 rings (SSSR count). The van der Waals surface area contributed by atoms with Crippen molar-refractivity contribution in [2.45, 2.75) is 57.4 Å². The van der Waals surface area contributed by atoms with Crippen molar-refractivity contribution >= 4 is 5.57 Å². The summed E-state index contributed by atoms with van der Waals surface area (Å²) in [5.41, 5.74) is 15.9. The van der Waals surface area contributed by atoms with Crippen LogP contribution < -0.4 is 5.32 Å². The van der Waals surface area contributed by atoms with Gasteiger partial charge in [0.25, 0.3) is 0 Å². The highest BCUT2D eigenvalue weighted by atomic mass is 14.9. The van der Waals surface area contributed by atoms with E-state index >= 15 is 0 Å². The van der Waals surface area contributed by atoms with E-state index in [-0.39, 0.29) is 16.9 Å². The molecule has 3 atom stereocenters. The molecule has 0 heterocycles. The molecule has 0 saturated heterocycles. The van der Waals surface area contributed by atoms with E-state index in [2.05, 4.69) is 159 Å². The molecule has 6 aliphatic carbocycles. The van der Waals surface area contributed by atoms with E-state index in [4.69, 9.17) is 0 Å². The fourth-order valence-electron chi connectivity index (χ4n) is 9.82. The molecule has 232 valence electrons. The smallest absolute Gasteiger partial charge is 0.0710 e. The number of hydrogen-bond acceptors (Lipinski definition) is 1. The minimum absolute atomic E-state index is 0.109. The SMILES string of the molecule is CC1(C)C2=CC(C3C=CC=CC3NC3=CC4=C(CC3)c3ccccc3C4(c3ccccc3)c3ccccc3)=CCC2C2=C1C=CCC2. The van der Waals surface area contributed by atoms with Gasteiger partial charge in [-0.3, -0.25) is 0 Å². The van der Waals surface area contributed by atoms with Crippen LogP contribution in [0.1, 0.15) is 68.2 Å². The number of nitrogens with one attached hydrogen (secondary N) is 1. The molecule has 0 aromatic heterocycles. The number of allylic oxidation sites excluding steroid dienone is 13. The van der Waals surface area contributed by atoms with Gasteiger partial charge < -0.3 is 5.32 Å². The number of fused-ring (bicyclic) bond motifs is 4. The summed E-state index contributed by atoms with van der Waals surface area (Å²) in [7, 11) is 0. The van der Waals surface area contributed by atoms with E-state index in [0.29, 0.717) is 11.8 Å². The van der Waals surface area contributed by atoms with Gasteiger partial charge in [0, 0.05) is 22.9 Å². The molecule has 1 nitrogen and oxygen atoms in total. The maximum Gasteiger partial charge on any atom is 0.0710 e. The second-order valence-corrected chi connectivity index (χ2v) is 14.7. The van der Waals surface area contributed by atoms with E-state index < -0.39 is 0 Å². The van der Waals surface area contributed by atoms with Crippen molar-refractivity contribution in [3.05, 3.63) is 195 Å². The molecule has 47 heavy (non-hydrogen) atoms. The maximum absolute atomic E-state index is 4.11. The monoisotopic (exact) mass is 609 g/mol. The van der Waals surface area contributed by atoms with Gasteiger partial charge in [-0.2, -0.15) is 0 Å². The predicted octanol–water partition coefficient (Wildman–Crippen LogP) is 10.7. The summed E-state index contributed by atoms with van der Waals surface area (Å²) in [5.74, 6) is 0.894. The molecule has 0 saturated carbocycles. The largest absolute Gasteiger partial charge is 0.381 e. The average molecular weight is 610 g/mol. The summed E-state index contributed by atoms with van der Waals surface area (Å²) in [4.78, 5) is 0. The van der Waals surface area contributed by atoms with E-state index in [1.807, 2.05) is 0 Å². The Bertz CT molecular complexity index is 1960. The standard InChI is InChI=1S/C46H43N/c1-45(2)40-22-12-9-20-36(40)38-27-25-31(29-42(38)45)35-19-11-14-24-44(35)47-34-26-28-39-37-21-10-13-23-41(37)46(43(39)30-34,32-15-5-3-6-16-32)33-17-7-4-8-18-33/h3-8,10-19,21-25,29-30,35,38,44,47H,9,20,26-28H2,1-2H3. The maximum atomic E-state index is 4.11. The lowest BCUT2D eigenvalue weighted by atomic mass is 9.66. The molecule has 1 heteroatoms. The van der Waals surface area contributed by atoms with Crippen LogP contribution in [0.2, 0.25) is 0 Å². The van der Waals surface area contributed by atoms with Crippen molar-refractivity contribution in [1.29, 1.82) is 0 Å². The summed E-state index contributed by atoms with van der Waals surface area (Å²) in [6.07, 6.45) is 27.4. The lowest BCUT2D eigenvalue weighted by Crippen LogP contribution is -2.37. The minimum Gasteiger partial charge on any atom is -0.381 e. The molecule has 0 spiro atoms. The summed E-state index contributed by atoms with van der Waals surface area (Å²) in [6, 6.07) is 31.7. The third-order valence-electron chi connectivity index (χ3n) is 11.9. The molecule has 0 fully saturated rings. The topological polar surface area (TPSA) is 12.0 Å². The first-order valence-corrected chi connectivity index (χ1v) is 17.7. The van der Waals surface area contributed by atoms with Crippen LogP contribution in [-0.4, -0.2) is 6.04 Å². The van der Waals surface area contributed by atoms with Gasteiger partial charge in [0.2, 0.25) is 0 Å². The fraction of sp³-hybridized carbons (Fsp3) is 0.261. The van der Waals surface area contributed by atoms with Gasteiger partial charge in [0.15, 0.2) is 0 Å². The zero-order chi connectivity index (χ0) is 31.6. The molecule has 3 aromatic carbocycles. The van der Waals surface area contributed by atoms with Crippen LogP contribution in [-0.2, 0) is 5.41 Å². The van der Waals surface area contributed by atoms with Crippen molar-refractivity contribution in [3.63, 3.8) is 0 Å². The minimum atomic E-state index is -0.344. The highest BCUT2D eigenvalue weighted by molar-refractivity contribution is 5.88. The molecule has 3 unspecified atom stereocenters. The Morgan fingerprint density at radius 3 is 2.23 bits per heavy atom. The Morgan fingerprint density at radius 2 is 1.45 bits per heavy atom. The van der Waals surface area contributed by atoms with Gasteiger partial charge in [0.05, 0.1) is 11.5 Å². The van der Waals surface area contributed by atoms with Crippen LogP contribution in [0, 0.1) is 17.3 Å². The Hall–Kier alpha value is -4.62. The van der Waals surface area contributed by atoms with E-state index in [0.717, 1.165) is 19.3 Å². The van der Waals surface area contributed by atoms with Gasteiger partial charge in [-0.25, -0.2) is 0 Å². The number of benzene rings is 3. The van der Waals surface area contributed by atoms with Crippen molar-refractivity contribution < 1.29 is 0 Å². The van der Waals surface area contributed by atoms with Crippen LogP contribution in [0.15, 0.2) is 173 Å². The second kappa shape index (κ2) is 11.0. The number of rotatable bonds is 5. The zero-order valence-corrected chi connectivity index (χ0v) is 27.5. The molecule has 1 N–H and O–H groups in total. The van der Waals surface area contributed by atoms with Crippen LogP contribution in [0.3, 0.4) is 0 Å². The van der Waals surface area contributed by atoms with Gasteiger partial charge in [-0.1, -0.05) is 159 Å². The van der Waals surface area contributed by atoms with Gasteiger partial charge in [-0.05, 0) is 82.7 Å². The molecular weight excluding hydrogens is 567 g/mol. The van der Waals surface area contributed by atoms with Crippen molar-refractivity contribution in [2.75, 3.05) is 0 Å². The van der Waals surface area contributed by atoms with E-state index in [1.54, 1.807) is 16.7 Å². The molecular formula is C46H43N. The first-order valence-electron chi connectivity index (χ1n) is 17.7. The predicted molar refractivity (Wildman–Crippen MR) is 196 cm³/mol. The average Bonchev–Trinajstić information content (AvgIpc) is 3.55. The van der Waals surface area contributed by atoms with Gasteiger partial charge in [0.1, 0.15) is 0 Å². The molecule has 6 aliphatic rings. The van der Waals surface area contributed by atoms with Crippen LogP contribution >= 0.6 is 0 Å². The molecule has 0 radical (unpaired) electrons. The molecule has 0 aliphatic heterocycles. The number of hydrogen-bond donors (Lipinski definition) is 1. The van der Waals surface area contributed by atoms with Gasteiger partial charge in [-0.15, -0.1) is 0 Å². The molecule has 3 aromatic rings. The van der Waals surface area contributed by atoms with E-state index in [1.165, 1.54) is 57.5 Å². The van der Waals surface area contributed by atoms with Crippen LogP contribution in [0.25, 0.3) is 5.57 Å². The summed E-state index contributed by atoms with van der Waals surface area (Å²) >= 11 is 0. The van der Waals surface area contributed by atoms with Crippen molar-refractivity contribution in [3.8, 4) is 0 Å². The lowest BCUT2D eigenvalue weighted by Gasteiger charge is -2.37.